The molecule has 0 fully saturated rings. The van der Waals surface area contributed by atoms with E-state index in [0.717, 1.165) is 9.26 Å². The molecule has 10 heavy (non-hydrogen) atoms. The van der Waals surface area contributed by atoms with E-state index < -0.39 is 0 Å². The minimum Gasteiger partial charge on any atom is -0.324 e. The van der Waals surface area contributed by atoms with E-state index in [1.807, 2.05) is 12.1 Å². The van der Waals surface area contributed by atoms with Gasteiger partial charge >= 0.3 is 0 Å². The fourth-order valence-electron chi connectivity index (χ4n) is 0.637. The van der Waals surface area contributed by atoms with Crippen LogP contribution in [0.5, 0.6) is 0 Å². The Morgan fingerprint density at radius 2 is 2.10 bits per heavy atom. The third-order valence-corrected chi connectivity index (χ3v) is 1.87. The summed E-state index contributed by atoms with van der Waals surface area (Å²) >= 11 is 7.90. The van der Waals surface area contributed by atoms with Crippen molar-refractivity contribution in [3.05, 3.63) is 26.8 Å². The molecule has 0 aliphatic rings. The minimum absolute atomic E-state index is 0.694. The molecule has 0 bridgehead atoms. The van der Waals surface area contributed by atoms with E-state index in [2.05, 4.69) is 28.0 Å². The molecule has 4 heteroatoms. The normalized spacial score (nSPS) is 9.50. The van der Waals surface area contributed by atoms with E-state index in [0.29, 0.717) is 5.02 Å². The third kappa shape index (κ3) is 2.00. The van der Waals surface area contributed by atoms with Crippen molar-refractivity contribution in [3.63, 3.8) is 0 Å². The Labute approximate surface area is 77.9 Å². The number of halogens is 2. The van der Waals surface area contributed by atoms with Gasteiger partial charge < -0.3 is 5.43 Å². The number of rotatable bonds is 1. The smallest absolute Gasteiger partial charge is 0.0510 e. The van der Waals surface area contributed by atoms with Crippen LogP contribution in [-0.4, -0.2) is 0 Å². The maximum absolute atomic E-state index is 5.73. The highest BCUT2D eigenvalue weighted by Crippen LogP contribution is 2.19. The Balaban J connectivity index is 3.06. The fourth-order valence-corrected chi connectivity index (χ4v) is 1.73. The molecule has 0 aliphatic carbocycles. The first-order valence-corrected chi connectivity index (χ1v) is 4.11. The number of nitrogens with two attached hydrogens (primary N) is 1. The molecule has 1 aromatic carbocycles. The number of benzene rings is 1. The van der Waals surface area contributed by atoms with Gasteiger partial charge in [-0.3, -0.25) is 5.84 Å². The minimum atomic E-state index is 0.694. The second-order valence-corrected chi connectivity index (χ2v) is 3.48. The standard InChI is InChI=1S/C6H6ClIN2/c7-4-1-5(8)3-6(2-4)10-9/h1-3,10H,9H2. The summed E-state index contributed by atoms with van der Waals surface area (Å²) in [5, 5.41) is 0.694. The average Bonchev–Trinajstić information content (AvgIpc) is 1.85. The molecule has 0 unspecified atom stereocenters. The molecule has 1 aromatic rings. The topological polar surface area (TPSA) is 38.0 Å². The second-order valence-electron chi connectivity index (χ2n) is 1.80. The van der Waals surface area contributed by atoms with Crippen LogP contribution in [0.25, 0.3) is 0 Å². The van der Waals surface area contributed by atoms with Gasteiger partial charge in [-0.15, -0.1) is 0 Å². The van der Waals surface area contributed by atoms with E-state index in [9.17, 15) is 0 Å². The summed E-state index contributed by atoms with van der Waals surface area (Å²) in [4.78, 5) is 0. The Morgan fingerprint density at radius 3 is 2.60 bits per heavy atom. The first-order chi connectivity index (χ1) is 4.72. The molecule has 54 valence electrons. The second kappa shape index (κ2) is 3.41. The number of hydrogen-bond donors (Lipinski definition) is 2. The zero-order valence-electron chi connectivity index (χ0n) is 5.07. The molecule has 0 heterocycles. The van der Waals surface area contributed by atoms with Gasteiger partial charge in [0.05, 0.1) is 5.69 Å². The van der Waals surface area contributed by atoms with Crippen molar-refractivity contribution in [1.29, 1.82) is 0 Å². The Bertz CT molecular complexity index is 219. The predicted octanol–water partition coefficient (Wildman–Crippen LogP) is 2.23. The number of nitrogens with one attached hydrogen (secondary N) is 1. The van der Waals surface area contributed by atoms with Crippen LogP contribution in [0.3, 0.4) is 0 Å². The molecule has 0 saturated carbocycles. The van der Waals surface area contributed by atoms with Crippen molar-refractivity contribution in [2.75, 3.05) is 5.43 Å². The summed E-state index contributed by atoms with van der Waals surface area (Å²) in [6, 6.07) is 5.54. The summed E-state index contributed by atoms with van der Waals surface area (Å²) in [6.45, 7) is 0. The van der Waals surface area contributed by atoms with Crippen molar-refractivity contribution in [2.24, 2.45) is 5.84 Å². The molecule has 0 saturated heterocycles. The lowest BCUT2D eigenvalue weighted by molar-refractivity contribution is 1.35. The van der Waals surface area contributed by atoms with Gasteiger partial charge in [0.15, 0.2) is 0 Å². The number of hydrazine groups is 1. The van der Waals surface area contributed by atoms with Crippen LogP contribution >= 0.6 is 34.2 Å². The van der Waals surface area contributed by atoms with Crippen LogP contribution in [0, 0.1) is 3.57 Å². The van der Waals surface area contributed by atoms with Gasteiger partial charge in [0, 0.05) is 8.59 Å². The SMILES string of the molecule is NNc1cc(Cl)cc(I)c1. The molecule has 0 aromatic heterocycles. The summed E-state index contributed by atoms with van der Waals surface area (Å²) < 4.78 is 1.07. The lowest BCUT2D eigenvalue weighted by Gasteiger charge is -1.99. The molecule has 3 N–H and O–H groups in total. The van der Waals surface area contributed by atoms with Gasteiger partial charge in [-0.2, -0.15) is 0 Å². The number of hydrogen-bond acceptors (Lipinski definition) is 2. The van der Waals surface area contributed by atoms with Crippen LogP contribution in [0.1, 0.15) is 0 Å². The van der Waals surface area contributed by atoms with Crippen molar-refractivity contribution < 1.29 is 0 Å². The van der Waals surface area contributed by atoms with Gasteiger partial charge in [-0.05, 0) is 40.8 Å². The quantitative estimate of drug-likeness (QED) is 0.466. The highest BCUT2D eigenvalue weighted by molar-refractivity contribution is 14.1. The lowest BCUT2D eigenvalue weighted by atomic mass is 10.3. The van der Waals surface area contributed by atoms with E-state index in [1.54, 1.807) is 6.07 Å². The average molecular weight is 268 g/mol. The predicted molar refractivity (Wildman–Crippen MR) is 52.0 cm³/mol. The fraction of sp³-hybridized carbons (Fsp3) is 0. The highest BCUT2D eigenvalue weighted by Gasteiger charge is 1.93. The molecule has 0 amide bonds. The third-order valence-electron chi connectivity index (χ3n) is 1.03. The van der Waals surface area contributed by atoms with Crippen molar-refractivity contribution in [2.45, 2.75) is 0 Å². The molecular formula is C6H6ClIN2. The molecule has 1 rings (SSSR count). The summed E-state index contributed by atoms with van der Waals surface area (Å²) in [5.41, 5.74) is 3.35. The molecule has 0 radical (unpaired) electrons. The van der Waals surface area contributed by atoms with E-state index in [1.165, 1.54) is 0 Å². The zero-order chi connectivity index (χ0) is 7.56. The van der Waals surface area contributed by atoms with E-state index >= 15 is 0 Å². The Hall–Kier alpha value is -0.000000000000000111. The largest absolute Gasteiger partial charge is 0.324 e. The van der Waals surface area contributed by atoms with Crippen LogP contribution in [0.15, 0.2) is 18.2 Å². The van der Waals surface area contributed by atoms with Gasteiger partial charge in [-0.25, -0.2) is 0 Å². The molecule has 0 atom stereocenters. The van der Waals surface area contributed by atoms with Gasteiger partial charge in [-0.1, -0.05) is 11.6 Å². The number of anilines is 1. The van der Waals surface area contributed by atoms with Crippen LogP contribution < -0.4 is 11.3 Å². The Kier molecular flexibility index (Phi) is 2.76. The summed E-state index contributed by atoms with van der Waals surface area (Å²) in [5.74, 6) is 5.18. The molecule has 2 nitrogen and oxygen atoms in total. The van der Waals surface area contributed by atoms with Crippen LogP contribution in [-0.2, 0) is 0 Å². The first-order valence-electron chi connectivity index (χ1n) is 2.65. The van der Waals surface area contributed by atoms with Crippen molar-refractivity contribution in [1.82, 2.24) is 0 Å². The molecule has 0 spiro atoms. The number of nitrogen functional groups attached to an aromatic ring is 1. The van der Waals surface area contributed by atoms with Crippen molar-refractivity contribution >= 4 is 39.9 Å². The monoisotopic (exact) mass is 268 g/mol. The molecule has 0 aliphatic heterocycles. The van der Waals surface area contributed by atoms with Gasteiger partial charge in [0.25, 0.3) is 0 Å². The zero-order valence-corrected chi connectivity index (χ0v) is 7.98. The van der Waals surface area contributed by atoms with Gasteiger partial charge in [0.1, 0.15) is 0 Å². The highest BCUT2D eigenvalue weighted by atomic mass is 127. The molecular weight excluding hydrogens is 262 g/mol. The Morgan fingerprint density at radius 1 is 1.40 bits per heavy atom. The van der Waals surface area contributed by atoms with E-state index in [4.69, 9.17) is 17.4 Å². The maximum atomic E-state index is 5.73. The summed E-state index contributed by atoms with van der Waals surface area (Å²) in [7, 11) is 0. The maximum Gasteiger partial charge on any atom is 0.0510 e. The summed E-state index contributed by atoms with van der Waals surface area (Å²) in [6.07, 6.45) is 0. The van der Waals surface area contributed by atoms with Crippen LogP contribution in [0.4, 0.5) is 5.69 Å². The first kappa shape index (κ1) is 8.10. The van der Waals surface area contributed by atoms with Crippen LogP contribution in [0.2, 0.25) is 5.02 Å². The lowest BCUT2D eigenvalue weighted by Crippen LogP contribution is -2.06. The van der Waals surface area contributed by atoms with Crippen molar-refractivity contribution in [3.8, 4) is 0 Å². The van der Waals surface area contributed by atoms with Gasteiger partial charge in [0.2, 0.25) is 0 Å². The van der Waals surface area contributed by atoms with E-state index in [-0.39, 0.29) is 0 Å².